The number of carbonyl (C=O) groups is 1. The van der Waals surface area contributed by atoms with E-state index < -0.39 is 0 Å². The molecule has 17 heavy (non-hydrogen) atoms. The van der Waals surface area contributed by atoms with E-state index in [1.54, 1.807) is 0 Å². The van der Waals surface area contributed by atoms with Crippen molar-refractivity contribution < 1.29 is 4.79 Å². The summed E-state index contributed by atoms with van der Waals surface area (Å²) in [4.78, 5) is 10.8. The summed E-state index contributed by atoms with van der Waals surface area (Å²) in [5.41, 5.74) is 6.52. The number of nitrogens with one attached hydrogen (secondary N) is 1. The quantitative estimate of drug-likeness (QED) is 0.851. The lowest BCUT2D eigenvalue weighted by Gasteiger charge is -2.12. The molecule has 0 fully saturated rings. The summed E-state index contributed by atoms with van der Waals surface area (Å²) < 4.78 is 0. The molecule has 1 rings (SSSR count). The van der Waals surface area contributed by atoms with Gasteiger partial charge in [0.2, 0.25) is 5.91 Å². The van der Waals surface area contributed by atoms with Gasteiger partial charge < -0.3 is 5.32 Å². The maximum Gasteiger partial charge on any atom is 0.217 e. The molecule has 0 spiro atoms. The molecule has 0 aliphatic carbocycles. The van der Waals surface area contributed by atoms with E-state index in [0.29, 0.717) is 6.54 Å². The fourth-order valence-corrected chi connectivity index (χ4v) is 1.88. The van der Waals surface area contributed by atoms with Crippen LogP contribution in [0.2, 0.25) is 0 Å². The highest BCUT2D eigenvalue weighted by molar-refractivity contribution is 5.73. The maximum absolute atomic E-state index is 10.8. The van der Waals surface area contributed by atoms with Gasteiger partial charge in [0.05, 0.1) is 0 Å². The Balaban J connectivity index is 2.94. The highest BCUT2D eigenvalue weighted by atomic mass is 16.1. The summed E-state index contributed by atoms with van der Waals surface area (Å²) in [6.45, 7) is 10.7. The average Bonchev–Trinajstić information content (AvgIpc) is 2.25. The lowest BCUT2D eigenvalue weighted by atomic mass is 9.94. The lowest BCUT2D eigenvalue weighted by Crippen LogP contribution is -2.19. The molecule has 0 radical (unpaired) electrons. The van der Waals surface area contributed by atoms with E-state index in [1.165, 1.54) is 34.7 Å². The van der Waals surface area contributed by atoms with Crippen molar-refractivity contribution in [2.24, 2.45) is 0 Å². The van der Waals surface area contributed by atoms with Gasteiger partial charge in [-0.25, -0.2) is 0 Å². The minimum absolute atomic E-state index is 0.00326. The maximum atomic E-state index is 10.8. The van der Waals surface area contributed by atoms with Crippen molar-refractivity contribution in [3.05, 3.63) is 40.0 Å². The van der Waals surface area contributed by atoms with Gasteiger partial charge in [0.15, 0.2) is 0 Å². The third kappa shape index (κ3) is 3.45. The van der Waals surface area contributed by atoms with Crippen LogP contribution < -0.4 is 5.32 Å². The molecule has 2 nitrogen and oxygen atoms in total. The van der Waals surface area contributed by atoms with Crippen LogP contribution >= 0.6 is 0 Å². The molecule has 0 unspecified atom stereocenters. The molecule has 1 aromatic carbocycles. The van der Waals surface area contributed by atoms with E-state index in [2.05, 4.69) is 45.2 Å². The third-order valence-corrected chi connectivity index (χ3v) is 3.18. The second kappa shape index (κ2) is 5.67. The van der Waals surface area contributed by atoms with Crippen molar-refractivity contribution in [1.82, 2.24) is 5.32 Å². The van der Waals surface area contributed by atoms with Crippen molar-refractivity contribution >= 4 is 12.0 Å². The minimum Gasteiger partial charge on any atom is -0.353 e. The van der Waals surface area contributed by atoms with Gasteiger partial charge in [0.25, 0.3) is 0 Å². The molecule has 0 aromatic heterocycles. The van der Waals surface area contributed by atoms with Gasteiger partial charge in [0.1, 0.15) is 0 Å². The van der Waals surface area contributed by atoms with E-state index >= 15 is 0 Å². The summed E-state index contributed by atoms with van der Waals surface area (Å²) in [5.74, 6) is 0.00326. The minimum atomic E-state index is 0.00326. The van der Waals surface area contributed by atoms with Crippen LogP contribution in [0, 0.1) is 27.7 Å². The van der Waals surface area contributed by atoms with E-state index in [-0.39, 0.29) is 5.91 Å². The molecule has 1 N–H and O–H groups in total. The molecule has 0 aliphatic heterocycles. The Labute approximate surface area is 104 Å². The Kier molecular flexibility index (Phi) is 4.50. The highest BCUT2D eigenvalue weighted by Crippen LogP contribution is 2.22. The molecule has 0 heterocycles. The van der Waals surface area contributed by atoms with Crippen LogP contribution in [-0.4, -0.2) is 12.5 Å². The predicted molar refractivity (Wildman–Crippen MR) is 73.1 cm³/mol. The monoisotopic (exact) mass is 231 g/mol. The fourth-order valence-electron chi connectivity index (χ4n) is 1.88. The predicted octanol–water partition coefficient (Wildman–Crippen LogP) is 3.07. The molecule has 0 bridgehead atoms. The fraction of sp³-hybridized carbons (Fsp3) is 0.400. The topological polar surface area (TPSA) is 29.1 Å². The summed E-state index contributed by atoms with van der Waals surface area (Å²) in [5, 5.41) is 2.76. The molecule has 0 aliphatic rings. The SMILES string of the molecule is CC(=O)NCC=Cc1c(C)c(C)cc(C)c1C. The Bertz CT molecular complexity index is 432. The lowest BCUT2D eigenvalue weighted by molar-refractivity contribution is -0.118. The number of hydrogen-bond acceptors (Lipinski definition) is 1. The van der Waals surface area contributed by atoms with Gasteiger partial charge >= 0.3 is 0 Å². The summed E-state index contributed by atoms with van der Waals surface area (Å²) in [7, 11) is 0. The first-order valence-electron chi connectivity index (χ1n) is 5.92. The molecule has 0 saturated carbocycles. The molecule has 1 amide bonds. The van der Waals surface area contributed by atoms with Crippen molar-refractivity contribution in [2.75, 3.05) is 6.54 Å². The molecule has 92 valence electrons. The van der Waals surface area contributed by atoms with Gasteiger partial charge in [-0.15, -0.1) is 0 Å². The zero-order valence-electron chi connectivity index (χ0n) is 11.3. The first-order chi connectivity index (χ1) is 7.93. The second-order valence-corrected chi connectivity index (χ2v) is 4.51. The Morgan fingerprint density at radius 2 is 1.71 bits per heavy atom. The highest BCUT2D eigenvalue weighted by Gasteiger charge is 2.05. The zero-order valence-corrected chi connectivity index (χ0v) is 11.3. The second-order valence-electron chi connectivity index (χ2n) is 4.51. The normalized spacial score (nSPS) is 10.9. The van der Waals surface area contributed by atoms with Crippen LogP contribution in [0.3, 0.4) is 0 Å². The number of rotatable bonds is 3. The number of amides is 1. The Morgan fingerprint density at radius 1 is 1.18 bits per heavy atom. The van der Waals surface area contributed by atoms with E-state index in [4.69, 9.17) is 0 Å². The zero-order chi connectivity index (χ0) is 13.0. The molecule has 0 atom stereocenters. The van der Waals surface area contributed by atoms with Crippen LogP contribution in [0.4, 0.5) is 0 Å². The number of benzene rings is 1. The standard InChI is InChI=1S/C15H21NO/c1-10-9-11(2)13(4)15(12(10)3)7-6-8-16-14(5)17/h6-7,9H,8H2,1-5H3,(H,16,17). The van der Waals surface area contributed by atoms with Crippen molar-refractivity contribution in [1.29, 1.82) is 0 Å². The first kappa shape index (κ1) is 13.5. The van der Waals surface area contributed by atoms with Gasteiger partial charge in [-0.05, 0) is 55.5 Å². The van der Waals surface area contributed by atoms with Crippen LogP contribution in [0.5, 0.6) is 0 Å². The van der Waals surface area contributed by atoms with Crippen molar-refractivity contribution in [2.45, 2.75) is 34.6 Å². The van der Waals surface area contributed by atoms with Crippen molar-refractivity contribution in [3.63, 3.8) is 0 Å². The molecule has 0 saturated heterocycles. The van der Waals surface area contributed by atoms with Gasteiger partial charge in [-0.2, -0.15) is 0 Å². The molecule has 1 aromatic rings. The smallest absolute Gasteiger partial charge is 0.217 e. The van der Waals surface area contributed by atoms with Crippen LogP contribution in [0.15, 0.2) is 12.1 Å². The number of hydrogen-bond donors (Lipinski definition) is 1. The largest absolute Gasteiger partial charge is 0.353 e. The van der Waals surface area contributed by atoms with Crippen LogP contribution in [0.25, 0.3) is 6.08 Å². The van der Waals surface area contributed by atoms with Gasteiger partial charge in [-0.1, -0.05) is 18.2 Å². The van der Waals surface area contributed by atoms with Gasteiger partial charge in [0, 0.05) is 13.5 Å². The summed E-state index contributed by atoms with van der Waals surface area (Å²) in [6.07, 6.45) is 4.09. The Hall–Kier alpha value is -1.57. The molecular weight excluding hydrogens is 210 g/mol. The van der Waals surface area contributed by atoms with E-state index in [0.717, 1.165) is 0 Å². The van der Waals surface area contributed by atoms with Crippen molar-refractivity contribution in [3.8, 4) is 0 Å². The summed E-state index contributed by atoms with van der Waals surface area (Å²) in [6, 6.07) is 2.22. The van der Waals surface area contributed by atoms with Crippen LogP contribution in [0.1, 0.15) is 34.7 Å². The molecular formula is C15H21NO. The molecule has 2 heteroatoms. The number of aryl methyl sites for hydroxylation is 2. The number of carbonyl (C=O) groups excluding carboxylic acids is 1. The Morgan fingerprint density at radius 3 is 2.18 bits per heavy atom. The van der Waals surface area contributed by atoms with E-state index in [1.807, 2.05) is 6.08 Å². The van der Waals surface area contributed by atoms with E-state index in [9.17, 15) is 4.79 Å². The summed E-state index contributed by atoms with van der Waals surface area (Å²) >= 11 is 0. The third-order valence-electron chi connectivity index (χ3n) is 3.18. The van der Waals surface area contributed by atoms with Crippen LogP contribution in [-0.2, 0) is 4.79 Å². The average molecular weight is 231 g/mol. The first-order valence-corrected chi connectivity index (χ1v) is 5.92. The van der Waals surface area contributed by atoms with Gasteiger partial charge in [-0.3, -0.25) is 4.79 Å².